The molecule has 7 heteroatoms. The third-order valence-electron chi connectivity index (χ3n) is 4.34. The molecule has 0 atom stereocenters. The van der Waals surface area contributed by atoms with Crippen molar-refractivity contribution in [3.8, 4) is 10.7 Å². The predicted octanol–water partition coefficient (Wildman–Crippen LogP) is 4.94. The van der Waals surface area contributed by atoms with E-state index in [1.165, 1.54) is 11.3 Å². The molecular formula is C21H21N5OS. The number of imidazole rings is 1. The first-order valence-corrected chi connectivity index (χ1v) is 9.83. The standard InChI is InChI=1S/C21H21N5OS/c1-12-17(28-19(23-12)15-7-5-6-10-22-15)18(27)24-13-8-9-14-16(11-13)26-20(25-14)21(2,3)4/h5-11H,1-4H3,(H,24,27)(H,25,26). The van der Waals surface area contributed by atoms with E-state index < -0.39 is 0 Å². The first kappa shape index (κ1) is 18.3. The van der Waals surface area contributed by atoms with Crippen molar-refractivity contribution in [2.24, 2.45) is 0 Å². The van der Waals surface area contributed by atoms with E-state index >= 15 is 0 Å². The molecule has 0 aliphatic rings. The second kappa shape index (κ2) is 6.83. The van der Waals surface area contributed by atoms with Crippen molar-refractivity contribution in [2.75, 3.05) is 5.32 Å². The van der Waals surface area contributed by atoms with Gasteiger partial charge in [0.05, 0.1) is 22.4 Å². The molecule has 0 radical (unpaired) electrons. The van der Waals surface area contributed by atoms with Gasteiger partial charge in [-0.1, -0.05) is 26.8 Å². The van der Waals surface area contributed by atoms with Crippen LogP contribution in [0.4, 0.5) is 5.69 Å². The van der Waals surface area contributed by atoms with E-state index in [1.807, 2.05) is 43.3 Å². The molecule has 4 rings (SSSR count). The number of H-pyrrole nitrogens is 1. The Bertz CT molecular complexity index is 1150. The molecule has 2 N–H and O–H groups in total. The monoisotopic (exact) mass is 391 g/mol. The minimum Gasteiger partial charge on any atom is -0.341 e. The number of carbonyl (C=O) groups is 1. The fourth-order valence-electron chi connectivity index (χ4n) is 2.84. The summed E-state index contributed by atoms with van der Waals surface area (Å²) in [6.07, 6.45) is 1.72. The highest BCUT2D eigenvalue weighted by atomic mass is 32.1. The Kier molecular flexibility index (Phi) is 4.47. The molecule has 3 aromatic heterocycles. The molecule has 1 aromatic carbocycles. The molecule has 0 unspecified atom stereocenters. The molecule has 1 amide bonds. The van der Waals surface area contributed by atoms with Crippen LogP contribution in [-0.2, 0) is 5.41 Å². The van der Waals surface area contributed by atoms with E-state index in [0.29, 0.717) is 16.3 Å². The Hall–Kier alpha value is -3.06. The van der Waals surface area contributed by atoms with Crippen molar-refractivity contribution in [3.63, 3.8) is 0 Å². The summed E-state index contributed by atoms with van der Waals surface area (Å²) in [5.41, 5.74) is 3.90. The van der Waals surface area contributed by atoms with Gasteiger partial charge in [-0.3, -0.25) is 9.78 Å². The Morgan fingerprint density at radius 2 is 1.96 bits per heavy atom. The second-order valence-electron chi connectivity index (χ2n) is 7.67. The maximum Gasteiger partial charge on any atom is 0.267 e. The van der Waals surface area contributed by atoms with Gasteiger partial charge in [0.15, 0.2) is 0 Å². The van der Waals surface area contributed by atoms with Crippen molar-refractivity contribution in [1.82, 2.24) is 19.9 Å². The lowest BCUT2D eigenvalue weighted by molar-refractivity contribution is 0.103. The van der Waals surface area contributed by atoms with Crippen LogP contribution in [0.25, 0.3) is 21.7 Å². The highest BCUT2D eigenvalue weighted by Crippen LogP contribution is 2.28. The van der Waals surface area contributed by atoms with Crippen molar-refractivity contribution in [1.29, 1.82) is 0 Å². The minimum atomic E-state index is -0.174. The smallest absolute Gasteiger partial charge is 0.267 e. The number of anilines is 1. The van der Waals surface area contributed by atoms with Gasteiger partial charge in [-0.15, -0.1) is 11.3 Å². The fraction of sp³-hybridized carbons (Fsp3) is 0.238. The van der Waals surface area contributed by atoms with E-state index in [9.17, 15) is 4.79 Å². The van der Waals surface area contributed by atoms with Crippen molar-refractivity contribution in [3.05, 3.63) is 59.0 Å². The lowest BCUT2D eigenvalue weighted by atomic mass is 9.96. The number of carbonyl (C=O) groups excluding carboxylic acids is 1. The molecule has 28 heavy (non-hydrogen) atoms. The van der Waals surface area contributed by atoms with Crippen LogP contribution in [0.3, 0.4) is 0 Å². The highest BCUT2D eigenvalue weighted by molar-refractivity contribution is 7.17. The van der Waals surface area contributed by atoms with Gasteiger partial charge in [-0.2, -0.15) is 0 Å². The van der Waals surface area contributed by atoms with Gasteiger partial charge < -0.3 is 10.3 Å². The molecular weight excluding hydrogens is 370 g/mol. The maximum absolute atomic E-state index is 12.8. The first-order valence-electron chi connectivity index (χ1n) is 9.02. The fourth-order valence-corrected chi connectivity index (χ4v) is 3.77. The van der Waals surface area contributed by atoms with Gasteiger partial charge in [0.2, 0.25) is 0 Å². The molecule has 0 spiro atoms. The van der Waals surface area contributed by atoms with E-state index in [0.717, 1.165) is 27.6 Å². The van der Waals surface area contributed by atoms with Crippen LogP contribution >= 0.6 is 11.3 Å². The normalized spacial score (nSPS) is 11.7. The van der Waals surface area contributed by atoms with E-state index in [1.54, 1.807) is 6.20 Å². The van der Waals surface area contributed by atoms with Crippen LogP contribution in [-0.4, -0.2) is 25.8 Å². The molecule has 4 aromatic rings. The number of fused-ring (bicyclic) bond motifs is 1. The molecule has 3 heterocycles. The Labute approximate surface area is 167 Å². The average Bonchev–Trinajstić information content (AvgIpc) is 3.25. The predicted molar refractivity (Wildman–Crippen MR) is 113 cm³/mol. The third-order valence-corrected chi connectivity index (χ3v) is 5.52. The van der Waals surface area contributed by atoms with Crippen LogP contribution < -0.4 is 5.32 Å². The largest absolute Gasteiger partial charge is 0.341 e. The summed E-state index contributed by atoms with van der Waals surface area (Å²) in [5, 5.41) is 3.71. The minimum absolute atomic E-state index is 0.0654. The van der Waals surface area contributed by atoms with Gasteiger partial charge >= 0.3 is 0 Å². The molecule has 142 valence electrons. The van der Waals surface area contributed by atoms with Crippen LogP contribution in [0.1, 0.15) is 42.0 Å². The number of pyridine rings is 1. The van der Waals surface area contributed by atoms with Crippen LogP contribution in [0.5, 0.6) is 0 Å². The zero-order valence-electron chi connectivity index (χ0n) is 16.2. The number of hydrogen-bond acceptors (Lipinski definition) is 5. The molecule has 0 fully saturated rings. The summed E-state index contributed by atoms with van der Waals surface area (Å²) in [6.45, 7) is 8.17. The molecule has 0 saturated carbocycles. The van der Waals surface area contributed by atoms with Crippen molar-refractivity contribution < 1.29 is 4.79 Å². The molecule has 0 saturated heterocycles. The van der Waals surface area contributed by atoms with Crippen LogP contribution in [0.15, 0.2) is 42.6 Å². The number of thiazole rings is 1. The van der Waals surface area contributed by atoms with E-state index in [-0.39, 0.29) is 11.3 Å². The molecule has 6 nitrogen and oxygen atoms in total. The number of nitrogens with zero attached hydrogens (tertiary/aromatic N) is 3. The maximum atomic E-state index is 12.8. The number of aromatic amines is 1. The number of nitrogens with one attached hydrogen (secondary N) is 2. The molecule has 0 bridgehead atoms. The molecule has 0 aliphatic heterocycles. The Balaban J connectivity index is 1.59. The summed E-state index contributed by atoms with van der Waals surface area (Å²) in [5.74, 6) is 0.747. The lowest BCUT2D eigenvalue weighted by Crippen LogP contribution is -2.13. The van der Waals surface area contributed by atoms with Gasteiger partial charge in [0.25, 0.3) is 5.91 Å². The summed E-state index contributed by atoms with van der Waals surface area (Å²) in [7, 11) is 0. The van der Waals surface area contributed by atoms with Crippen LogP contribution in [0, 0.1) is 6.92 Å². The number of hydrogen-bond donors (Lipinski definition) is 2. The quantitative estimate of drug-likeness (QED) is 0.518. The summed E-state index contributed by atoms with van der Waals surface area (Å²) >= 11 is 1.35. The Morgan fingerprint density at radius 3 is 2.68 bits per heavy atom. The van der Waals surface area contributed by atoms with Crippen molar-refractivity contribution >= 4 is 34.0 Å². The van der Waals surface area contributed by atoms with Gasteiger partial charge in [0.1, 0.15) is 15.7 Å². The van der Waals surface area contributed by atoms with E-state index in [2.05, 4.69) is 46.0 Å². The van der Waals surface area contributed by atoms with Crippen LogP contribution in [0.2, 0.25) is 0 Å². The van der Waals surface area contributed by atoms with Crippen molar-refractivity contribution in [2.45, 2.75) is 33.1 Å². The van der Waals surface area contributed by atoms with Gasteiger partial charge in [-0.25, -0.2) is 9.97 Å². The zero-order chi connectivity index (χ0) is 19.9. The Morgan fingerprint density at radius 1 is 1.14 bits per heavy atom. The number of benzene rings is 1. The average molecular weight is 392 g/mol. The van der Waals surface area contributed by atoms with Gasteiger partial charge in [-0.05, 0) is 37.3 Å². The zero-order valence-corrected chi connectivity index (χ0v) is 17.0. The van der Waals surface area contributed by atoms with E-state index in [4.69, 9.17) is 0 Å². The highest BCUT2D eigenvalue weighted by Gasteiger charge is 2.19. The SMILES string of the molecule is Cc1nc(-c2ccccn2)sc1C(=O)Nc1ccc2nc(C(C)(C)C)[nH]c2c1. The second-order valence-corrected chi connectivity index (χ2v) is 8.67. The summed E-state index contributed by atoms with van der Waals surface area (Å²) in [6, 6.07) is 11.3. The number of amides is 1. The molecule has 0 aliphatic carbocycles. The number of rotatable bonds is 3. The summed E-state index contributed by atoms with van der Waals surface area (Å²) < 4.78 is 0. The van der Waals surface area contributed by atoms with Gasteiger partial charge in [0, 0.05) is 17.3 Å². The summed E-state index contributed by atoms with van der Waals surface area (Å²) in [4.78, 5) is 30.2. The lowest BCUT2D eigenvalue weighted by Gasteiger charge is -2.13. The number of aryl methyl sites for hydroxylation is 1. The first-order chi connectivity index (χ1) is 13.3. The third kappa shape index (κ3) is 3.53. The topological polar surface area (TPSA) is 83.6 Å². The number of aromatic nitrogens is 4.